The molecule has 2 aliphatic heterocycles. The van der Waals surface area contributed by atoms with Gasteiger partial charge in [-0.25, -0.2) is 4.98 Å². The first-order chi connectivity index (χ1) is 15.1. The van der Waals surface area contributed by atoms with Crippen molar-refractivity contribution < 1.29 is 9.53 Å². The quantitative estimate of drug-likeness (QED) is 0.740. The van der Waals surface area contributed by atoms with Crippen molar-refractivity contribution in [2.45, 2.75) is 38.0 Å². The van der Waals surface area contributed by atoms with Crippen molar-refractivity contribution in [2.24, 2.45) is 0 Å². The maximum Gasteiger partial charge on any atom is 0.233 e. The SMILES string of the molecule is COc1ccccc1C1(C(=O)N2CCN(c3nc(C)cc(N4CCCC4)n3)CC2)CC1. The standard InChI is InChI=1S/C24H31N5O2/c1-18-17-21(27-11-5-6-12-27)26-23(25-18)29-15-13-28(14-16-29)22(30)24(9-10-24)19-7-3-4-8-20(19)31-2/h3-4,7-8,17H,5-6,9-16H2,1-2H3. The Morgan fingerprint density at radius 1 is 0.968 bits per heavy atom. The Morgan fingerprint density at radius 3 is 2.35 bits per heavy atom. The average Bonchev–Trinajstić information content (AvgIpc) is 3.43. The normalized spacial score (nSPS) is 20.1. The van der Waals surface area contributed by atoms with Crippen LogP contribution in [0.3, 0.4) is 0 Å². The molecule has 0 atom stereocenters. The van der Waals surface area contributed by atoms with Crippen LogP contribution in [0.2, 0.25) is 0 Å². The Hall–Kier alpha value is -2.83. The summed E-state index contributed by atoms with van der Waals surface area (Å²) in [5.74, 6) is 2.88. The van der Waals surface area contributed by atoms with E-state index < -0.39 is 5.41 Å². The number of nitrogens with zero attached hydrogens (tertiary/aromatic N) is 5. The second-order valence-electron chi connectivity index (χ2n) is 8.92. The van der Waals surface area contributed by atoms with Gasteiger partial charge in [-0.05, 0) is 38.7 Å². The lowest BCUT2D eigenvalue weighted by molar-refractivity contribution is -0.134. The number of amides is 1. The monoisotopic (exact) mass is 421 g/mol. The molecule has 2 saturated heterocycles. The van der Waals surface area contributed by atoms with Crippen molar-refractivity contribution in [1.82, 2.24) is 14.9 Å². The van der Waals surface area contributed by atoms with E-state index in [1.54, 1.807) is 7.11 Å². The minimum atomic E-state index is -0.405. The highest BCUT2D eigenvalue weighted by molar-refractivity contribution is 5.92. The molecule has 1 saturated carbocycles. The maximum atomic E-state index is 13.5. The minimum Gasteiger partial charge on any atom is -0.496 e. The number of piperazine rings is 1. The third-order valence-electron chi connectivity index (χ3n) is 6.89. The third kappa shape index (κ3) is 3.70. The molecule has 3 heterocycles. The van der Waals surface area contributed by atoms with Crippen LogP contribution in [-0.4, -0.2) is 67.2 Å². The van der Waals surface area contributed by atoms with E-state index in [1.807, 2.05) is 36.1 Å². The molecule has 1 aliphatic carbocycles. The number of carbonyl (C=O) groups excluding carboxylic acids is 1. The van der Waals surface area contributed by atoms with Crippen LogP contribution in [0.15, 0.2) is 30.3 Å². The lowest BCUT2D eigenvalue weighted by Gasteiger charge is -2.37. The first-order valence-corrected chi connectivity index (χ1v) is 11.4. The predicted molar refractivity (Wildman–Crippen MR) is 121 cm³/mol. The molecule has 0 unspecified atom stereocenters. The largest absolute Gasteiger partial charge is 0.496 e. The van der Waals surface area contributed by atoms with E-state index in [0.717, 1.165) is 67.8 Å². The van der Waals surface area contributed by atoms with Crippen molar-refractivity contribution in [3.63, 3.8) is 0 Å². The fourth-order valence-electron chi connectivity index (χ4n) is 4.96. The number of carbonyl (C=O) groups is 1. The summed E-state index contributed by atoms with van der Waals surface area (Å²) in [4.78, 5) is 29.6. The summed E-state index contributed by atoms with van der Waals surface area (Å²) in [7, 11) is 1.68. The molecule has 7 nitrogen and oxygen atoms in total. The minimum absolute atomic E-state index is 0.236. The number of anilines is 2. The van der Waals surface area contributed by atoms with Crippen LogP contribution < -0.4 is 14.5 Å². The van der Waals surface area contributed by atoms with E-state index in [2.05, 4.69) is 15.9 Å². The molecule has 3 fully saturated rings. The van der Waals surface area contributed by atoms with Gasteiger partial charge in [0.1, 0.15) is 11.6 Å². The summed E-state index contributed by atoms with van der Waals surface area (Å²) in [6.45, 7) is 7.10. The fourth-order valence-corrected chi connectivity index (χ4v) is 4.96. The number of ether oxygens (including phenoxy) is 1. The molecule has 7 heteroatoms. The molecule has 1 aromatic carbocycles. The van der Waals surface area contributed by atoms with Crippen molar-refractivity contribution in [3.05, 3.63) is 41.6 Å². The summed E-state index contributed by atoms with van der Waals surface area (Å²) < 4.78 is 5.55. The number of hydrogen-bond donors (Lipinski definition) is 0. The fraction of sp³-hybridized carbons (Fsp3) is 0.542. The van der Waals surface area contributed by atoms with Gasteiger partial charge in [-0.2, -0.15) is 4.98 Å². The number of rotatable bonds is 5. The van der Waals surface area contributed by atoms with Crippen molar-refractivity contribution >= 4 is 17.7 Å². The van der Waals surface area contributed by atoms with Crippen molar-refractivity contribution in [3.8, 4) is 5.75 Å². The molecule has 164 valence electrons. The van der Waals surface area contributed by atoms with Crippen LogP contribution in [0.4, 0.5) is 11.8 Å². The van der Waals surface area contributed by atoms with E-state index in [-0.39, 0.29) is 5.91 Å². The van der Waals surface area contributed by atoms with E-state index in [4.69, 9.17) is 14.7 Å². The van der Waals surface area contributed by atoms with Gasteiger partial charge in [-0.1, -0.05) is 18.2 Å². The summed E-state index contributed by atoms with van der Waals surface area (Å²) in [6.07, 6.45) is 4.25. The van der Waals surface area contributed by atoms with Crippen LogP contribution in [0.5, 0.6) is 5.75 Å². The van der Waals surface area contributed by atoms with Crippen LogP contribution in [0, 0.1) is 6.92 Å². The summed E-state index contributed by atoms with van der Waals surface area (Å²) in [5.41, 5.74) is 1.62. The van der Waals surface area contributed by atoms with E-state index in [1.165, 1.54) is 12.8 Å². The van der Waals surface area contributed by atoms with Crippen LogP contribution in [0.1, 0.15) is 36.9 Å². The number of para-hydroxylation sites is 1. The summed E-state index contributed by atoms with van der Waals surface area (Å²) >= 11 is 0. The Bertz CT molecular complexity index is 960. The van der Waals surface area contributed by atoms with Gasteiger partial charge in [0, 0.05) is 56.6 Å². The molecular weight excluding hydrogens is 390 g/mol. The second-order valence-corrected chi connectivity index (χ2v) is 8.92. The van der Waals surface area contributed by atoms with Crippen molar-refractivity contribution in [1.29, 1.82) is 0 Å². The highest BCUT2D eigenvalue weighted by atomic mass is 16.5. The zero-order chi connectivity index (χ0) is 21.4. The molecule has 5 rings (SSSR count). The van der Waals surface area contributed by atoms with E-state index in [0.29, 0.717) is 13.1 Å². The Kier molecular flexibility index (Phi) is 5.20. The number of hydrogen-bond acceptors (Lipinski definition) is 6. The second kappa shape index (κ2) is 8.02. The van der Waals surface area contributed by atoms with E-state index in [9.17, 15) is 4.79 Å². The maximum absolute atomic E-state index is 13.5. The molecule has 1 aromatic heterocycles. The number of aromatic nitrogens is 2. The predicted octanol–water partition coefficient (Wildman–Crippen LogP) is 2.77. The van der Waals surface area contributed by atoms with Gasteiger partial charge in [0.05, 0.1) is 12.5 Å². The van der Waals surface area contributed by atoms with Gasteiger partial charge in [0.25, 0.3) is 0 Å². The molecule has 1 amide bonds. The number of methoxy groups -OCH3 is 1. The Morgan fingerprint density at radius 2 is 1.68 bits per heavy atom. The third-order valence-corrected chi connectivity index (χ3v) is 6.89. The lowest BCUT2D eigenvalue weighted by atomic mass is 9.93. The van der Waals surface area contributed by atoms with E-state index >= 15 is 0 Å². The smallest absolute Gasteiger partial charge is 0.233 e. The first-order valence-electron chi connectivity index (χ1n) is 11.4. The first kappa shape index (κ1) is 20.1. The molecule has 0 radical (unpaired) electrons. The number of benzene rings is 1. The van der Waals surface area contributed by atoms with Gasteiger partial charge >= 0.3 is 0 Å². The molecule has 2 aromatic rings. The van der Waals surface area contributed by atoms with Crippen molar-refractivity contribution in [2.75, 3.05) is 56.2 Å². The molecular formula is C24H31N5O2. The molecule has 3 aliphatic rings. The highest BCUT2D eigenvalue weighted by Crippen LogP contribution is 2.52. The average molecular weight is 422 g/mol. The number of aryl methyl sites for hydroxylation is 1. The molecule has 0 N–H and O–H groups in total. The molecule has 0 bridgehead atoms. The van der Waals surface area contributed by atoms with Gasteiger partial charge < -0.3 is 19.4 Å². The Balaban J connectivity index is 1.28. The summed E-state index contributed by atoms with van der Waals surface area (Å²) in [5, 5.41) is 0. The highest BCUT2D eigenvalue weighted by Gasteiger charge is 2.54. The van der Waals surface area contributed by atoms with Gasteiger partial charge in [0.15, 0.2) is 0 Å². The van der Waals surface area contributed by atoms with Gasteiger partial charge in [0.2, 0.25) is 11.9 Å². The van der Waals surface area contributed by atoms with Crippen LogP contribution in [0.25, 0.3) is 0 Å². The van der Waals surface area contributed by atoms with Gasteiger partial charge in [-0.3, -0.25) is 4.79 Å². The summed E-state index contributed by atoms with van der Waals surface area (Å²) in [6, 6.07) is 10.0. The lowest BCUT2D eigenvalue weighted by Crippen LogP contribution is -2.52. The topological polar surface area (TPSA) is 61.8 Å². The zero-order valence-electron chi connectivity index (χ0n) is 18.5. The van der Waals surface area contributed by atoms with Crippen LogP contribution >= 0.6 is 0 Å². The molecule has 0 spiro atoms. The van der Waals surface area contributed by atoms with Gasteiger partial charge in [-0.15, -0.1) is 0 Å². The zero-order valence-corrected chi connectivity index (χ0v) is 18.5. The van der Waals surface area contributed by atoms with Crippen LogP contribution in [-0.2, 0) is 10.2 Å². The molecule has 31 heavy (non-hydrogen) atoms. The Labute approximate surface area is 184 Å².